The van der Waals surface area contributed by atoms with Gasteiger partial charge in [0, 0.05) is 25.9 Å². The molecule has 0 aliphatic carbocycles. The third kappa shape index (κ3) is 2.90. The standard InChI is InChI=1S/C13H15N3O2S/c1-16(2)13-14-9-11(19(3,17)18)12(15-13)10-7-5-4-6-8-10/h4-9H,1-3H3. The summed E-state index contributed by atoms with van der Waals surface area (Å²) in [5, 5.41) is 0. The summed E-state index contributed by atoms with van der Waals surface area (Å²) < 4.78 is 23.6. The van der Waals surface area contributed by atoms with Crippen molar-refractivity contribution in [2.24, 2.45) is 0 Å². The minimum absolute atomic E-state index is 0.143. The third-order valence-corrected chi connectivity index (χ3v) is 3.69. The predicted octanol–water partition coefficient (Wildman–Crippen LogP) is 1.61. The van der Waals surface area contributed by atoms with Gasteiger partial charge in [0.05, 0.1) is 11.9 Å². The van der Waals surface area contributed by atoms with Crippen LogP contribution in [0.1, 0.15) is 0 Å². The van der Waals surface area contributed by atoms with E-state index in [1.165, 1.54) is 6.20 Å². The molecule has 2 aromatic rings. The number of sulfone groups is 1. The Kier molecular flexibility index (Phi) is 3.53. The van der Waals surface area contributed by atoms with Crippen LogP contribution in [0.5, 0.6) is 0 Å². The smallest absolute Gasteiger partial charge is 0.225 e. The van der Waals surface area contributed by atoms with E-state index in [1.807, 2.05) is 44.4 Å². The van der Waals surface area contributed by atoms with Gasteiger partial charge in [-0.2, -0.15) is 0 Å². The van der Waals surface area contributed by atoms with Crippen molar-refractivity contribution < 1.29 is 8.42 Å². The molecule has 1 heterocycles. The lowest BCUT2D eigenvalue weighted by Crippen LogP contribution is -2.14. The minimum atomic E-state index is -3.37. The van der Waals surface area contributed by atoms with Crippen molar-refractivity contribution >= 4 is 15.8 Å². The molecule has 0 aliphatic heterocycles. The maximum absolute atomic E-state index is 11.8. The van der Waals surface area contributed by atoms with Crippen LogP contribution in [0.4, 0.5) is 5.95 Å². The second-order valence-electron chi connectivity index (χ2n) is 4.42. The highest BCUT2D eigenvalue weighted by Crippen LogP contribution is 2.26. The average Bonchev–Trinajstić information content (AvgIpc) is 2.38. The topological polar surface area (TPSA) is 63.2 Å². The van der Waals surface area contributed by atoms with Crippen molar-refractivity contribution in [3.8, 4) is 11.3 Å². The first-order chi connectivity index (χ1) is 8.89. The molecule has 1 aromatic carbocycles. The number of rotatable bonds is 3. The molecule has 0 fully saturated rings. The van der Waals surface area contributed by atoms with Gasteiger partial charge in [-0.05, 0) is 0 Å². The lowest BCUT2D eigenvalue weighted by atomic mass is 10.1. The van der Waals surface area contributed by atoms with E-state index < -0.39 is 9.84 Å². The Bertz CT molecular complexity index is 682. The maximum atomic E-state index is 11.8. The van der Waals surface area contributed by atoms with E-state index in [-0.39, 0.29) is 4.90 Å². The molecular weight excluding hydrogens is 262 g/mol. The monoisotopic (exact) mass is 277 g/mol. The summed E-state index contributed by atoms with van der Waals surface area (Å²) in [5.74, 6) is 0.478. The van der Waals surface area contributed by atoms with Gasteiger partial charge in [-0.3, -0.25) is 0 Å². The highest BCUT2D eigenvalue weighted by molar-refractivity contribution is 7.90. The number of aromatic nitrogens is 2. The second-order valence-corrected chi connectivity index (χ2v) is 6.40. The fourth-order valence-corrected chi connectivity index (χ4v) is 2.41. The first kappa shape index (κ1) is 13.5. The van der Waals surface area contributed by atoms with E-state index in [4.69, 9.17) is 0 Å². The van der Waals surface area contributed by atoms with E-state index in [9.17, 15) is 8.42 Å². The van der Waals surface area contributed by atoms with Crippen LogP contribution in [0.15, 0.2) is 41.4 Å². The molecule has 0 saturated carbocycles. The number of benzene rings is 1. The van der Waals surface area contributed by atoms with E-state index in [0.29, 0.717) is 11.6 Å². The lowest BCUT2D eigenvalue weighted by Gasteiger charge is -2.13. The fourth-order valence-electron chi connectivity index (χ4n) is 1.65. The quantitative estimate of drug-likeness (QED) is 0.853. The van der Waals surface area contributed by atoms with Crippen LogP contribution < -0.4 is 4.90 Å². The van der Waals surface area contributed by atoms with Crippen LogP contribution in [0, 0.1) is 0 Å². The minimum Gasteiger partial charge on any atom is -0.347 e. The Hall–Kier alpha value is -1.95. The molecular formula is C13H15N3O2S. The van der Waals surface area contributed by atoms with Gasteiger partial charge in [0.2, 0.25) is 5.95 Å². The van der Waals surface area contributed by atoms with Gasteiger partial charge in [-0.1, -0.05) is 30.3 Å². The summed E-state index contributed by atoms with van der Waals surface area (Å²) in [6.07, 6.45) is 2.52. The summed E-state index contributed by atoms with van der Waals surface area (Å²) >= 11 is 0. The molecule has 2 rings (SSSR count). The number of hydrogen-bond acceptors (Lipinski definition) is 5. The summed E-state index contributed by atoms with van der Waals surface area (Å²) in [6, 6.07) is 9.22. The third-order valence-electron chi connectivity index (χ3n) is 2.59. The van der Waals surface area contributed by atoms with Crippen LogP contribution in [0.2, 0.25) is 0 Å². The Morgan fingerprint density at radius 2 is 1.74 bits per heavy atom. The molecule has 0 atom stereocenters. The molecule has 0 amide bonds. The van der Waals surface area contributed by atoms with Crippen molar-refractivity contribution in [3.05, 3.63) is 36.5 Å². The molecule has 0 saturated heterocycles. The molecule has 1 aromatic heterocycles. The molecule has 0 N–H and O–H groups in total. The van der Waals surface area contributed by atoms with Crippen molar-refractivity contribution in [1.29, 1.82) is 0 Å². The maximum Gasteiger partial charge on any atom is 0.225 e. The number of hydrogen-bond donors (Lipinski definition) is 0. The Balaban J connectivity index is 2.71. The lowest BCUT2D eigenvalue weighted by molar-refractivity contribution is 0.601. The van der Waals surface area contributed by atoms with Crippen molar-refractivity contribution in [1.82, 2.24) is 9.97 Å². The van der Waals surface area contributed by atoms with Crippen LogP contribution in [-0.2, 0) is 9.84 Å². The molecule has 19 heavy (non-hydrogen) atoms. The highest BCUT2D eigenvalue weighted by Gasteiger charge is 2.18. The average molecular weight is 277 g/mol. The van der Waals surface area contributed by atoms with E-state index in [0.717, 1.165) is 11.8 Å². The van der Waals surface area contributed by atoms with Crippen LogP contribution >= 0.6 is 0 Å². The fraction of sp³-hybridized carbons (Fsp3) is 0.231. The second kappa shape index (κ2) is 4.97. The Labute approximate surface area is 112 Å². The van der Waals surface area contributed by atoms with Gasteiger partial charge in [0.1, 0.15) is 4.90 Å². The molecule has 0 spiro atoms. The van der Waals surface area contributed by atoms with Crippen LogP contribution in [-0.4, -0.2) is 38.7 Å². The summed E-state index contributed by atoms with van der Waals surface area (Å²) in [5.41, 5.74) is 1.19. The van der Waals surface area contributed by atoms with E-state index in [1.54, 1.807) is 4.90 Å². The van der Waals surface area contributed by atoms with Gasteiger partial charge in [0.15, 0.2) is 9.84 Å². The number of anilines is 1. The van der Waals surface area contributed by atoms with Crippen molar-refractivity contribution in [2.75, 3.05) is 25.3 Å². The molecule has 0 aliphatic rings. The predicted molar refractivity (Wildman–Crippen MR) is 74.9 cm³/mol. The highest BCUT2D eigenvalue weighted by atomic mass is 32.2. The van der Waals surface area contributed by atoms with Gasteiger partial charge in [0.25, 0.3) is 0 Å². The zero-order chi connectivity index (χ0) is 14.0. The normalized spacial score (nSPS) is 11.3. The van der Waals surface area contributed by atoms with Crippen LogP contribution in [0.25, 0.3) is 11.3 Å². The summed E-state index contributed by atoms with van der Waals surface area (Å²) in [6.45, 7) is 0. The largest absolute Gasteiger partial charge is 0.347 e. The van der Waals surface area contributed by atoms with Gasteiger partial charge >= 0.3 is 0 Å². The van der Waals surface area contributed by atoms with Gasteiger partial charge in [-0.25, -0.2) is 18.4 Å². The molecule has 6 heteroatoms. The first-order valence-corrected chi connectivity index (χ1v) is 7.58. The van der Waals surface area contributed by atoms with Crippen molar-refractivity contribution in [2.45, 2.75) is 4.90 Å². The van der Waals surface area contributed by atoms with Gasteiger partial charge < -0.3 is 4.90 Å². The molecule has 0 radical (unpaired) electrons. The zero-order valence-electron chi connectivity index (χ0n) is 11.0. The SMILES string of the molecule is CN(C)c1ncc(S(C)(=O)=O)c(-c2ccccc2)n1. The van der Waals surface area contributed by atoms with E-state index in [2.05, 4.69) is 9.97 Å². The Morgan fingerprint density at radius 3 is 2.26 bits per heavy atom. The van der Waals surface area contributed by atoms with Crippen LogP contribution in [0.3, 0.4) is 0 Å². The number of nitrogens with zero attached hydrogens (tertiary/aromatic N) is 3. The summed E-state index contributed by atoms with van der Waals surface area (Å²) in [4.78, 5) is 10.3. The van der Waals surface area contributed by atoms with E-state index >= 15 is 0 Å². The van der Waals surface area contributed by atoms with Gasteiger partial charge in [-0.15, -0.1) is 0 Å². The molecule has 0 bridgehead atoms. The Morgan fingerprint density at radius 1 is 1.11 bits per heavy atom. The molecule has 100 valence electrons. The van der Waals surface area contributed by atoms with Crippen molar-refractivity contribution in [3.63, 3.8) is 0 Å². The summed E-state index contributed by atoms with van der Waals surface area (Å²) in [7, 11) is 0.252. The zero-order valence-corrected chi connectivity index (χ0v) is 11.8. The molecule has 0 unspecified atom stereocenters. The molecule has 5 nitrogen and oxygen atoms in total. The first-order valence-electron chi connectivity index (χ1n) is 5.69.